The Morgan fingerprint density at radius 3 is 2.74 bits per heavy atom. The van der Waals surface area contributed by atoms with Crippen molar-refractivity contribution in [2.75, 3.05) is 37.8 Å². The summed E-state index contributed by atoms with van der Waals surface area (Å²) in [6.07, 6.45) is 2.39. The Balaban J connectivity index is 1.76. The van der Waals surface area contributed by atoms with Crippen molar-refractivity contribution in [2.24, 2.45) is 0 Å². The minimum atomic E-state index is 0.232. The van der Waals surface area contributed by atoms with Crippen molar-refractivity contribution >= 4 is 17.5 Å². The van der Waals surface area contributed by atoms with E-state index in [0.717, 1.165) is 30.3 Å². The first-order chi connectivity index (χ1) is 11.1. The number of likely N-dealkylation sites (N-methyl/N-ethyl adjacent to an activating group) is 1. The Morgan fingerprint density at radius 1 is 1.22 bits per heavy atom. The van der Waals surface area contributed by atoms with Crippen molar-refractivity contribution < 1.29 is 5.11 Å². The molecule has 0 unspecified atom stereocenters. The largest absolute Gasteiger partial charge is 0.508 e. The maximum Gasteiger partial charge on any atom is 0.224 e. The van der Waals surface area contributed by atoms with E-state index in [2.05, 4.69) is 25.5 Å². The average molecular weight is 313 g/mol. The van der Waals surface area contributed by atoms with Crippen LogP contribution in [0, 0.1) is 0 Å². The monoisotopic (exact) mass is 313 g/mol. The van der Waals surface area contributed by atoms with Crippen LogP contribution in [-0.4, -0.2) is 47.2 Å². The van der Waals surface area contributed by atoms with E-state index >= 15 is 0 Å². The Labute approximate surface area is 136 Å². The normalized spacial score (nSPS) is 14.0. The molecule has 2 aromatic rings. The molecule has 1 saturated carbocycles. The molecule has 1 fully saturated rings. The number of rotatable bonds is 7. The number of phenols is 1. The molecule has 0 aliphatic heterocycles. The lowest BCUT2D eigenvalue weighted by Crippen LogP contribution is -2.21. The number of benzene rings is 1. The fourth-order valence-electron chi connectivity index (χ4n) is 2.32. The minimum absolute atomic E-state index is 0.232. The molecule has 23 heavy (non-hydrogen) atoms. The quantitative estimate of drug-likeness (QED) is 0.730. The van der Waals surface area contributed by atoms with E-state index in [-0.39, 0.29) is 5.75 Å². The van der Waals surface area contributed by atoms with Crippen LogP contribution in [0.25, 0.3) is 0 Å². The van der Waals surface area contributed by atoms with E-state index in [1.807, 2.05) is 26.2 Å². The van der Waals surface area contributed by atoms with Crippen LogP contribution in [0.2, 0.25) is 0 Å². The van der Waals surface area contributed by atoms with Gasteiger partial charge in [-0.2, -0.15) is 4.98 Å². The number of phenolic OH excluding ortho intramolecular Hbond substituents is 1. The summed E-state index contributed by atoms with van der Waals surface area (Å²) in [4.78, 5) is 11.3. The van der Waals surface area contributed by atoms with Gasteiger partial charge in [0.15, 0.2) is 0 Å². The number of aromatic nitrogens is 2. The molecule has 1 aliphatic rings. The maximum atomic E-state index is 9.58. The molecule has 6 nitrogen and oxygen atoms in total. The molecule has 6 heteroatoms. The molecule has 0 spiro atoms. The van der Waals surface area contributed by atoms with Crippen molar-refractivity contribution in [1.29, 1.82) is 0 Å². The molecule has 0 radical (unpaired) electrons. The summed E-state index contributed by atoms with van der Waals surface area (Å²) < 4.78 is 0. The lowest BCUT2D eigenvalue weighted by molar-refractivity contribution is 0.425. The average Bonchev–Trinajstić information content (AvgIpc) is 3.31. The molecule has 0 bridgehead atoms. The van der Waals surface area contributed by atoms with Crippen LogP contribution in [0.4, 0.5) is 17.5 Å². The third-order valence-electron chi connectivity index (χ3n) is 3.70. The van der Waals surface area contributed by atoms with Crippen LogP contribution in [0.5, 0.6) is 5.75 Å². The smallest absolute Gasteiger partial charge is 0.224 e. The van der Waals surface area contributed by atoms with Gasteiger partial charge < -0.3 is 20.6 Å². The zero-order valence-corrected chi connectivity index (χ0v) is 13.6. The lowest BCUT2D eigenvalue weighted by atomic mass is 10.2. The highest BCUT2D eigenvalue weighted by Gasteiger charge is 2.26. The van der Waals surface area contributed by atoms with Gasteiger partial charge in [-0.05, 0) is 39.1 Å². The van der Waals surface area contributed by atoms with Crippen molar-refractivity contribution in [3.8, 4) is 5.75 Å². The highest BCUT2D eigenvalue weighted by Crippen LogP contribution is 2.40. The van der Waals surface area contributed by atoms with Crippen LogP contribution in [0.15, 0.2) is 30.3 Å². The van der Waals surface area contributed by atoms with Gasteiger partial charge in [0.1, 0.15) is 11.6 Å². The first kappa shape index (κ1) is 15.6. The summed E-state index contributed by atoms with van der Waals surface area (Å²) in [5.41, 5.74) is 1.89. The fraction of sp³-hybridized carbons (Fsp3) is 0.412. The van der Waals surface area contributed by atoms with Gasteiger partial charge in [0.2, 0.25) is 5.95 Å². The summed E-state index contributed by atoms with van der Waals surface area (Å²) in [6.45, 7) is 1.72. The van der Waals surface area contributed by atoms with Crippen LogP contribution < -0.4 is 10.6 Å². The third-order valence-corrected chi connectivity index (χ3v) is 3.70. The molecule has 1 heterocycles. The Hall–Kier alpha value is -2.34. The Morgan fingerprint density at radius 2 is 2.04 bits per heavy atom. The molecule has 0 amide bonds. The first-order valence-corrected chi connectivity index (χ1v) is 7.94. The highest BCUT2D eigenvalue weighted by atomic mass is 16.3. The van der Waals surface area contributed by atoms with Crippen LogP contribution in [0.1, 0.15) is 24.5 Å². The van der Waals surface area contributed by atoms with Gasteiger partial charge >= 0.3 is 0 Å². The first-order valence-electron chi connectivity index (χ1n) is 7.94. The molecule has 122 valence electrons. The lowest BCUT2D eigenvalue weighted by Gasteiger charge is -2.13. The SMILES string of the molecule is CN(C)CCNc1nc(Nc2cccc(O)c2)cc(C2CC2)n1. The molecule has 3 rings (SSSR count). The minimum Gasteiger partial charge on any atom is -0.508 e. The molecule has 0 atom stereocenters. The number of hydrogen-bond donors (Lipinski definition) is 3. The molecule has 1 aliphatic carbocycles. The van der Waals surface area contributed by atoms with E-state index < -0.39 is 0 Å². The predicted molar refractivity (Wildman–Crippen MR) is 92.4 cm³/mol. The number of aromatic hydroxyl groups is 1. The van der Waals surface area contributed by atoms with Crippen molar-refractivity contribution in [3.63, 3.8) is 0 Å². The van der Waals surface area contributed by atoms with E-state index in [4.69, 9.17) is 0 Å². The van der Waals surface area contributed by atoms with E-state index in [1.165, 1.54) is 12.8 Å². The zero-order valence-electron chi connectivity index (χ0n) is 13.6. The van der Waals surface area contributed by atoms with Crippen molar-refractivity contribution in [1.82, 2.24) is 14.9 Å². The van der Waals surface area contributed by atoms with Gasteiger partial charge in [-0.25, -0.2) is 4.98 Å². The Bertz CT molecular complexity index is 670. The predicted octanol–water partition coefficient (Wildman–Crippen LogP) is 2.78. The second-order valence-electron chi connectivity index (χ2n) is 6.18. The number of anilines is 3. The summed E-state index contributed by atoms with van der Waals surface area (Å²) in [5, 5.41) is 16.1. The van der Waals surface area contributed by atoms with Crippen LogP contribution >= 0.6 is 0 Å². The highest BCUT2D eigenvalue weighted by molar-refractivity contribution is 5.59. The van der Waals surface area contributed by atoms with Gasteiger partial charge in [0.25, 0.3) is 0 Å². The van der Waals surface area contributed by atoms with E-state index in [9.17, 15) is 5.11 Å². The maximum absolute atomic E-state index is 9.58. The van der Waals surface area contributed by atoms with Crippen molar-refractivity contribution in [2.45, 2.75) is 18.8 Å². The van der Waals surface area contributed by atoms with Crippen molar-refractivity contribution in [3.05, 3.63) is 36.0 Å². The van der Waals surface area contributed by atoms with Gasteiger partial charge in [0, 0.05) is 36.8 Å². The summed E-state index contributed by atoms with van der Waals surface area (Å²) in [7, 11) is 4.08. The Kier molecular flexibility index (Phi) is 4.62. The molecular weight excluding hydrogens is 290 g/mol. The second kappa shape index (κ2) is 6.83. The number of nitrogens with zero attached hydrogens (tertiary/aromatic N) is 3. The summed E-state index contributed by atoms with van der Waals surface area (Å²) in [6, 6.07) is 9.03. The molecule has 3 N–H and O–H groups in total. The molecular formula is C17H23N5O. The van der Waals surface area contributed by atoms with Gasteiger partial charge in [0.05, 0.1) is 5.69 Å². The summed E-state index contributed by atoms with van der Waals surface area (Å²) >= 11 is 0. The van der Waals surface area contributed by atoms with Crippen LogP contribution in [-0.2, 0) is 0 Å². The van der Waals surface area contributed by atoms with Gasteiger partial charge in [-0.3, -0.25) is 0 Å². The van der Waals surface area contributed by atoms with Gasteiger partial charge in [-0.1, -0.05) is 6.07 Å². The standard InChI is InChI=1S/C17H23N5O/c1-22(2)9-8-18-17-20-15(12-6-7-12)11-16(21-17)19-13-4-3-5-14(23)10-13/h3-5,10-12,23H,6-9H2,1-2H3,(H2,18,19,20,21). The fourth-order valence-corrected chi connectivity index (χ4v) is 2.32. The molecule has 0 saturated heterocycles. The molecule has 1 aromatic heterocycles. The number of nitrogens with one attached hydrogen (secondary N) is 2. The third kappa shape index (κ3) is 4.56. The van der Waals surface area contributed by atoms with Crippen LogP contribution in [0.3, 0.4) is 0 Å². The zero-order chi connectivity index (χ0) is 16.2. The second-order valence-corrected chi connectivity index (χ2v) is 6.18. The van der Waals surface area contributed by atoms with E-state index in [0.29, 0.717) is 11.9 Å². The van der Waals surface area contributed by atoms with E-state index in [1.54, 1.807) is 18.2 Å². The summed E-state index contributed by atoms with van der Waals surface area (Å²) in [5.74, 6) is 2.19. The number of hydrogen-bond acceptors (Lipinski definition) is 6. The topological polar surface area (TPSA) is 73.3 Å². The molecule has 1 aromatic carbocycles. The van der Waals surface area contributed by atoms with Gasteiger partial charge in [-0.15, -0.1) is 0 Å².